The van der Waals surface area contributed by atoms with Crippen LogP contribution in [0.1, 0.15) is 28.9 Å². The van der Waals surface area contributed by atoms with Crippen LogP contribution in [-0.2, 0) is 9.53 Å². The molecule has 2 heterocycles. The number of hydrogen-bond acceptors (Lipinski definition) is 4. The Morgan fingerprint density at radius 3 is 2.89 bits per heavy atom. The van der Waals surface area contributed by atoms with Crippen LogP contribution in [0.2, 0.25) is 5.02 Å². The first-order chi connectivity index (χ1) is 8.65. The van der Waals surface area contributed by atoms with Gasteiger partial charge in [0.05, 0.1) is 12.1 Å². The third kappa shape index (κ3) is 2.52. The molecule has 6 heteroatoms. The summed E-state index contributed by atoms with van der Waals surface area (Å²) in [6.07, 6.45) is 2.49. The van der Waals surface area contributed by atoms with E-state index in [4.69, 9.17) is 16.3 Å². The van der Waals surface area contributed by atoms with Crippen molar-refractivity contribution in [3.8, 4) is 0 Å². The topological polar surface area (TPSA) is 46.6 Å². The Balaban J connectivity index is 2.21. The quantitative estimate of drug-likeness (QED) is 0.786. The molecule has 0 bridgehead atoms. The summed E-state index contributed by atoms with van der Waals surface area (Å²) in [4.78, 5) is 26.1. The Bertz CT molecular complexity index is 460. The Hall–Kier alpha value is -1.07. The lowest BCUT2D eigenvalue weighted by Crippen LogP contribution is -2.48. The molecule has 1 saturated heterocycles. The van der Waals surface area contributed by atoms with Gasteiger partial charge in [-0.3, -0.25) is 4.79 Å². The van der Waals surface area contributed by atoms with Gasteiger partial charge in [0.2, 0.25) is 0 Å². The predicted octanol–water partition coefficient (Wildman–Crippen LogP) is 2.57. The fourth-order valence-corrected chi connectivity index (χ4v) is 3.22. The normalized spacial score (nSPS) is 19.7. The van der Waals surface area contributed by atoms with Gasteiger partial charge in [-0.25, -0.2) is 4.79 Å². The zero-order valence-electron chi connectivity index (χ0n) is 10.0. The lowest BCUT2D eigenvalue weighted by molar-refractivity contribution is -0.147. The molecule has 0 saturated carbocycles. The predicted molar refractivity (Wildman–Crippen MR) is 70.0 cm³/mol. The molecule has 1 aromatic rings. The second-order valence-electron chi connectivity index (χ2n) is 4.13. The third-order valence-electron chi connectivity index (χ3n) is 3.05. The average Bonchev–Trinajstić information content (AvgIpc) is 2.83. The van der Waals surface area contributed by atoms with E-state index in [-0.39, 0.29) is 11.9 Å². The first-order valence-corrected chi connectivity index (χ1v) is 7.02. The Morgan fingerprint density at radius 2 is 2.28 bits per heavy atom. The molecule has 1 aliphatic heterocycles. The fourth-order valence-electron chi connectivity index (χ4n) is 2.13. The van der Waals surface area contributed by atoms with Crippen molar-refractivity contribution in [2.75, 3.05) is 13.7 Å². The summed E-state index contributed by atoms with van der Waals surface area (Å²) in [5.74, 6) is -0.527. The smallest absolute Gasteiger partial charge is 0.328 e. The molecule has 0 spiro atoms. The molecule has 4 nitrogen and oxygen atoms in total. The second-order valence-corrected chi connectivity index (χ2v) is 5.45. The summed E-state index contributed by atoms with van der Waals surface area (Å²) in [5.41, 5.74) is 0. The maximum absolute atomic E-state index is 12.4. The summed E-state index contributed by atoms with van der Waals surface area (Å²) >= 11 is 7.26. The zero-order valence-corrected chi connectivity index (χ0v) is 11.6. The van der Waals surface area contributed by atoms with Crippen LogP contribution in [0, 0.1) is 0 Å². The van der Waals surface area contributed by atoms with Crippen molar-refractivity contribution in [2.45, 2.75) is 25.3 Å². The number of carbonyl (C=O) groups is 2. The summed E-state index contributed by atoms with van der Waals surface area (Å²) in [6, 6.07) is 1.21. The van der Waals surface area contributed by atoms with Crippen molar-refractivity contribution in [1.82, 2.24) is 4.90 Å². The van der Waals surface area contributed by atoms with Crippen LogP contribution in [0.3, 0.4) is 0 Å². The Kier molecular flexibility index (Phi) is 4.24. The highest BCUT2D eigenvalue weighted by Gasteiger charge is 2.34. The minimum atomic E-state index is -0.477. The van der Waals surface area contributed by atoms with Gasteiger partial charge in [-0.15, -0.1) is 11.3 Å². The number of rotatable bonds is 2. The number of nitrogens with zero attached hydrogens (tertiary/aromatic N) is 1. The van der Waals surface area contributed by atoms with E-state index in [2.05, 4.69) is 0 Å². The average molecular weight is 288 g/mol. The van der Waals surface area contributed by atoms with Crippen molar-refractivity contribution in [1.29, 1.82) is 0 Å². The Labute approximate surface area is 114 Å². The first-order valence-electron chi connectivity index (χ1n) is 5.77. The van der Waals surface area contributed by atoms with Crippen molar-refractivity contribution in [3.05, 3.63) is 21.3 Å². The monoisotopic (exact) mass is 287 g/mol. The highest BCUT2D eigenvalue weighted by molar-refractivity contribution is 7.12. The van der Waals surface area contributed by atoms with Gasteiger partial charge >= 0.3 is 5.97 Å². The fraction of sp³-hybridized carbons (Fsp3) is 0.500. The molecule has 1 aliphatic rings. The molecule has 1 atom stereocenters. The maximum atomic E-state index is 12.4. The molecule has 1 aromatic heterocycles. The molecular weight excluding hydrogens is 274 g/mol. The summed E-state index contributed by atoms with van der Waals surface area (Å²) in [6.45, 7) is 0.576. The van der Waals surface area contributed by atoms with Gasteiger partial charge in [0.25, 0.3) is 5.91 Å². The number of thiophene rings is 1. The highest BCUT2D eigenvalue weighted by atomic mass is 35.5. The minimum absolute atomic E-state index is 0.176. The van der Waals surface area contributed by atoms with Crippen molar-refractivity contribution >= 4 is 34.8 Å². The van der Waals surface area contributed by atoms with E-state index in [1.54, 1.807) is 16.3 Å². The first kappa shape index (κ1) is 13.4. The minimum Gasteiger partial charge on any atom is -0.467 e. The van der Waals surface area contributed by atoms with E-state index in [1.807, 2.05) is 0 Å². The molecule has 18 heavy (non-hydrogen) atoms. The van der Waals surface area contributed by atoms with E-state index < -0.39 is 6.04 Å². The van der Waals surface area contributed by atoms with Crippen LogP contribution in [-0.4, -0.2) is 36.5 Å². The highest BCUT2D eigenvalue weighted by Crippen LogP contribution is 2.27. The van der Waals surface area contributed by atoms with E-state index in [0.29, 0.717) is 22.9 Å². The van der Waals surface area contributed by atoms with Crippen LogP contribution in [0.4, 0.5) is 0 Å². The zero-order chi connectivity index (χ0) is 13.1. The second kappa shape index (κ2) is 5.71. The maximum Gasteiger partial charge on any atom is 0.328 e. The van der Waals surface area contributed by atoms with Crippen molar-refractivity contribution in [3.63, 3.8) is 0 Å². The van der Waals surface area contributed by atoms with Gasteiger partial charge < -0.3 is 9.64 Å². The largest absolute Gasteiger partial charge is 0.467 e. The van der Waals surface area contributed by atoms with Crippen LogP contribution >= 0.6 is 22.9 Å². The van der Waals surface area contributed by atoms with Crippen LogP contribution in [0.15, 0.2) is 11.4 Å². The molecular formula is C12H14ClNO3S. The standard InChI is InChI=1S/C12H14ClNO3S/c1-17-12(16)9-4-2-3-6-14(9)11(15)10-8(13)5-7-18-10/h5,7,9H,2-4,6H2,1H3/t9-/m1/s1. The molecule has 1 fully saturated rings. The van der Waals surface area contributed by atoms with Gasteiger partial charge in [-0.05, 0) is 30.7 Å². The number of halogens is 1. The van der Waals surface area contributed by atoms with Gasteiger partial charge in [-0.2, -0.15) is 0 Å². The molecule has 1 amide bonds. The number of esters is 1. The summed E-state index contributed by atoms with van der Waals surface area (Å²) in [7, 11) is 1.34. The third-order valence-corrected chi connectivity index (χ3v) is 4.38. The van der Waals surface area contributed by atoms with Gasteiger partial charge in [0, 0.05) is 6.54 Å². The van der Waals surface area contributed by atoms with E-state index in [9.17, 15) is 9.59 Å². The molecule has 0 radical (unpaired) electrons. The number of likely N-dealkylation sites (tertiary alicyclic amines) is 1. The van der Waals surface area contributed by atoms with E-state index in [0.717, 1.165) is 12.8 Å². The van der Waals surface area contributed by atoms with Crippen LogP contribution in [0.25, 0.3) is 0 Å². The van der Waals surface area contributed by atoms with Crippen molar-refractivity contribution < 1.29 is 14.3 Å². The lowest BCUT2D eigenvalue weighted by atomic mass is 10.0. The summed E-state index contributed by atoms with van der Waals surface area (Å²) in [5, 5.41) is 2.21. The number of carbonyl (C=O) groups excluding carboxylic acids is 2. The number of ether oxygens (including phenoxy) is 1. The van der Waals surface area contributed by atoms with E-state index >= 15 is 0 Å². The van der Waals surface area contributed by atoms with Gasteiger partial charge in [0.15, 0.2) is 0 Å². The molecule has 2 rings (SSSR count). The molecule has 0 N–H and O–H groups in total. The van der Waals surface area contributed by atoms with E-state index in [1.165, 1.54) is 18.4 Å². The number of methoxy groups -OCH3 is 1. The van der Waals surface area contributed by atoms with Crippen LogP contribution < -0.4 is 0 Å². The number of piperidine rings is 1. The lowest BCUT2D eigenvalue weighted by Gasteiger charge is -2.33. The SMILES string of the molecule is COC(=O)[C@H]1CCCCN1C(=O)c1sccc1Cl. The number of hydrogen-bond donors (Lipinski definition) is 0. The van der Waals surface area contributed by atoms with Crippen LogP contribution in [0.5, 0.6) is 0 Å². The molecule has 0 unspecified atom stereocenters. The molecule has 0 aromatic carbocycles. The Morgan fingerprint density at radius 1 is 1.50 bits per heavy atom. The molecule has 98 valence electrons. The van der Waals surface area contributed by atoms with Gasteiger partial charge in [-0.1, -0.05) is 11.6 Å². The van der Waals surface area contributed by atoms with Gasteiger partial charge in [0.1, 0.15) is 10.9 Å². The number of amides is 1. The summed E-state index contributed by atoms with van der Waals surface area (Å²) < 4.78 is 4.76. The molecule has 0 aliphatic carbocycles. The van der Waals surface area contributed by atoms with Crippen molar-refractivity contribution in [2.24, 2.45) is 0 Å².